The third kappa shape index (κ3) is 1.78. The van der Waals surface area contributed by atoms with Crippen molar-refractivity contribution in [2.24, 2.45) is 0 Å². The molecule has 0 saturated carbocycles. The molecule has 0 N–H and O–H groups in total. The van der Waals surface area contributed by atoms with E-state index in [9.17, 15) is 0 Å². The van der Waals surface area contributed by atoms with Crippen LogP contribution in [0.2, 0.25) is 0 Å². The number of rotatable bonds is 1. The summed E-state index contributed by atoms with van der Waals surface area (Å²) in [6.07, 6.45) is 5.63. The van der Waals surface area contributed by atoms with E-state index in [-0.39, 0.29) is 0 Å². The van der Waals surface area contributed by atoms with E-state index in [1.165, 1.54) is 16.3 Å². The van der Waals surface area contributed by atoms with Crippen LogP contribution in [-0.4, -0.2) is 4.98 Å². The molecule has 3 aromatic carbocycles. The Morgan fingerprint density at radius 3 is 2.70 bits per heavy atom. The molecule has 1 aromatic heterocycles. The molecule has 1 aliphatic heterocycles. The highest BCUT2D eigenvalue weighted by atomic mass is 16.5. The van der Waals surface area contributed by atoms with Crippen LogP contribution in [0.25, 0.3) is 38.9 Å². The molecule has 0 fully saturated rings. The highest BCUT2D eigenvalue weighted by molar-refractivity contribution is 6.04. The number of fused-ring (bicyclic) bond motifs is 1. The van der Waals surface area contributed by atoms with Gasteiger partial charge in [-0.2, -0.15) is 0 Å². The van der Waals surface area contributed by atoms with Crippen LogP contribution in [0, 0.1) is 0 Å². The van der Waals surface area contributed by atoms with E-state index in [1.807, 2.05) is 30.5 Å². The summed E-state index contributed by atoms with van der Waals surface area (Å²) in [6, 6.07) is 20.9. The first-order valence-corrected chi connectivity index (χ1v) is 7.65. The fourth-order valence-electron chi connectivity index (χ4n) is 3.33. The first-order chi connectivity index (χ1) is 11.4. The number of hydrogen-bond acceptors (Lipinski definition) is 2. The average molecular weight is 295 g/mol. The second-order valence-corrected chi connectivity index (χ2v) is 5.69. The normalized spacial score (nSPS) is 12.5. The van der Waals surface area contributed by atoms with Gasteiger partial charge in [0.05, 0.1) is 12.0 Å². The summed E-state index contributed by atoms with van der Waals surface area (Å²) in [7, 11) is 0. The molecule has 0 aliphatic carbocycles. The molecule has 0 amide bonds. The van der Waals surface area contributed by atoms with Crippen molar-refractivity contribution in [3.63, 3.8) is 0 Å². The van der Waals surface area contributed by atoms with Gasteiger partial charge in [-0.15, -0.1) is 0 Å². The maximum atomic E-state index is 5.91. The van der Waals surface area contributed by atoms with Crippen molar-refractivity contribution in [1.82, 2.24) is 4.98 Å². The highest BCUT2D eigenvalue weighted by Gasteiger charge is 2.17. The minimum absolute atomic E-state index is 0.893. The molecule has 2 heteroatoms. The summed E-state index contributed by atoms with van der Waals surface area (Å²) in [5.74, 6) is 0.893. The van der Waals surface area contributed by atoms with E-state index in [0.717, 1.165) is 27.8 Å². The lowest BCUT2D eigenvalue weighted by Crippen LogP contribution is -1.96. The van der Waals surface area contributed by atoms with Gasteiger partial charge in [0, 0.05) is 22.5 Å². The van der Waals surface area contributed by atoms with E-state index in [4.69, 9.17) is 4.74 Å². The Balaban J connectivity index is 1.90. The molecule has 4 aromatic rings. The number of ether oxygens (including phenoxy) is 1. The highest BCUT2D eigenvalue weighted by Crippen LogP contribution is 2.42. The Morgan fingerprint density at radius 2 is 1.70 bits per heavy atom. The zero-order chi connectivity index (χ0) is 15.2. The smallest absolute Gasteiger partial charge is 0.144 e. The molecule has 0 spiro atoms. The first-order valence-electron chi connectivity index (χ1n) is 7.65. The molecule has 1 aliphatic rings. The number of aromatic nitrogens is 1. The summed E-state index contributed by atoms with van der Waals surface area (Å²) < 4.78 is 5.91. The van der Waals surface area contributed by atoms with Crippen LogP contribution in [0.1, 0.15) is 5.56 Å². The number of nitrogens with zero attached hydrogens (tertiary/aromatic N) is 1. The Kier molecular flexibility index (Phi) is 2.53. The maximum Gasteiger partial charge on any atom is 0.144 e. The van der Waals surface area contributed by atoms with Gasteiger partial charge in [-0.3, -0.25) is 4.98 Å². The van der Waals surface area contributed by atoms with E-state index in [0.29, 0.717) is 0 Å². The molecule has 0 bridgehead atoms. The van der Waals surface area contributed by atoms with Gasteiger partial charge in [-0.25, -0.2) is 0 Å². The van der Waals surface area contributed by atoms with Crippen molar-refractivity contribution in [2.45, 2.75) is 0 Å². The summed E-state index contributed by atoms with van der Waals surface area (Å²) in [4.78, 5) is 4.64. The molecule has 108 valence electrons. The lowest BCUT2D eigenvalue weighted by molar-refractivity contribution is 0.490. The van der Waals surface area contributed by atoms with Gasteiger partial charge in [-0.05, 0) is 34.5 Å². The van der Waals surface area contributed by atoms with Crippen LogP contribution in [0.5, 0.6) is 5.75 Å². The standard InChI is InChI=1S/C21H13NO/c1-2-7-17-14(4-1)10-12-22-20(17)18-9-8-15-5-3-6-16-11-13-23-21(18)19(15)16/h1-13H. The van der Waals surface area contributed by atoms with Gasteiger partial charge in [-0.1, -0.05) is 48.5 Å². The lowest BCUT2D eigenvalue weighted by Gasteiger charge is -2.17. The first kappa shape index (κ1) is 12.4. The molecule has 0 atom stereocenters. The number of benzene rings is 3. The quantitative estimate of drug-likeness (QED) is 0.468. The zero-order valence-corrected chi connectivity index (χ0v) is 12.4. The Morgan fingerprint density at radius 1 is 0.783 bits per heavy atom. The van der Waals surface area contributed by atoms with Crippen LogP contribution < -0.4 is 4.74 Å². The number of hydrogen-bond donors (Lipinski definition) is 0. The average Bonchev–Trinajstić information content (AvgIpc) is 2.62. The fourth-order valence-corrected chi connectivity index (χ4v) is 3.33. The van der Waals surface area contributed by atoms with Crippen LogP contribution in [-0.2, 0) is 0 Å². The Bertz CT molecular complexity index is 1090. The Hall–Kier alpha value is -3.13. The van der Waals surface area contributed by atoms with Crippen molar-refractivity contribution in [1.29, 1.82) is 0 Å². The van der Waals surface area contributed by atoms with Crippen LogP contribution in [0.3, 0.4) is 0 Å². The van der Waals surface area contributed by atoms with Gasteiger partial charge >= 0.3 is 0 Å². The number of pyridine rings is 1. The van der Waals surface area contributed by atoms with Crippen molar-refractivity contribution in [3.05, 3.63) is 78.7 Å². The largest absolute Gasteiger partial charge is 0.464 e. The van der Waals surface area contributed by atoms with Crippen LogP contribution in [0.4, 0.5) is 0 Å². The second kappa shape index (κ2) is 4.68. The van der Waals surface area contributed by atoms with Gasteiger partial charge in [0.25, 0.3) is 0 Å². The van der Waals surface area contributed by atoms with Crippen molar-refractivity contribution >= 4 is 27.6 Å². The van der Waals surface area contributed by atoms with E-state index < -0.39 is 0 Å². The molecular formula is C21H13NO. The van der Waals surface area contributed by atoms with Crippen molar-refractivity contribution in [2.75, 3.05) is 0 Å². The van der Waals surface area contributed by atoms with Crippen LogP contribution in [0.15, 0.2) is 73.1 Å². The zero-order valence-electron chi connectivity index (χ0n) is 12.4. The predicted molar refractivity (Wildman–Crippen MR) is 94.3 cm³/mol. The van der Waals surface area contributed by atoms with Crippen molar-refractivity contribution < 1.29 is 4.74 Å². The summed E-state index contributed by atoms with van der Waals surface area (Å²) >= 11 is 0. The predicted octanol–water partition coefficient (Wildman–Crippen LogP) is 5.42. The van der Waals surface area contributed by atoms with E-state index >= 15 is 0 Å². The lowest BCUT2D eigenvalue weighted by atomic mass is 9.96. The SMILES string of the molecule is C1=Cc2cccc3ccc(-c4nccc5ccccc45)c(c23)O1. The van der Waals surface area contributed by atoms with E-state index in [1.54, 1.807) is 6.26 Å². The van der Waals surface area contributed by atoms with Crippen molar-refractivity contribution in [3.8, 4) is 17.0 Å². The molecule has 2 nitrogen and oxygen atoms in total. The minimum atomic E-state index is 0.893. The molecule has 5 rings (SSSR count). The molecule has 23 heavy (non-hydrogen) atoms. The van der Waals surface area contributed by atoms with Gasteiger partial charge < -0.3 is 4.74 Å². The van der Waals surface area contributed by atoms with Gasteiger partial charge in [0.1, 0.15) is 5.75 Å². The van der Waals surface area contributed by atoms with E-state index in [2.05, 4.69) is 47.4 Å². The maximum absolute atomic E-state index is 5.91. The van der Waals surface area contributed by atoms with Gasteiger partial charge in [0.15, 0.2) is 0 Å². The topological polar surface area (TPSA) is 22.1 Å². The molecular weight excluding hydrogens is 282 g/mol. The Labute approximate surface area is 133 Å². The molecule has 0 saturated heterocycles. The molecule has 0 radical (unpaired) electrons. The molecule has 2 heterocycles. The van der Waals surface area contributed by atoms with Crippen LogP contribution >= 0.6 is 0 Å². The summed E-state index contributed by atoms with van der Waals surface area (Å²) in [5.41, 5.74) is 3.18. The third-order valence-corrected chi connectivity index (χ3v) is 4.39. The third-order valence-electron chi connectivity index (χ3n) is 4.39. The molecule has 0 unspecified atom stereocenters. The fraction of sp³-hybridized carbons (Fsp3) is 0. The second-order valence-electron chi connectivity index (χ2n) is 5.69. The summed E-state index contributed by atoms with van der Waals surface area (Å²) in [6.45, 7) is 0. The van der Waals surface area contributed by atoms with Gasteiger partial charge in [0.2, 0.25) is 0 Å². The minimum Gasteiger partial charge on any atom is -0.464 e. The monoisotopic (exact) mass is 295 g/mol. The summed E-state index contributed by atoms with van der Waals surface area (Å²) in [5, 5.41) is 4.67.